The van der Waals surface area contributed by atoms with Crippen molar-refractivity contribution in [3.63, 3.8) is 0 Å². The zero-order chi connectivity index (χ0) is 8.81. The van der Waals surface area contributed by atoms with Crippen LogP contribution in [0.25, 0.3) is 0 Å². The third-order valence-corrected chi connectivity index (χ3v) is 2.60. The van der Waals surface area contributed by atoms with Gasteiger partial charge in [0.05, 0.1) is 0 Å². The summed E-state index contributed by atoms with van der Waals surface area (Å²) in [7, 11) is 0. The number of hydrogen-bond acceptors (Lipinski definition) is 2. The highest BCUT2D eigenvalue weighted by molar-refractivity contribution is 4.72. The zero-order valence-electron chi connectivity index (χ0n) is 8.05. The van der Waals surface area contributed by atoms with Crippen LogP contribution in [0.2, 0.25) is 0 Å². The van der Waals surface area contributed by atoms with E-state index in [1.165, 1.54) is 32.1 Å². The van der Waals surface area contributed by atoms with Crippen LogP contribution in [0, 0.1) is 0 Å². The highest BCUT2D eigenvalue weighted by atomic mass is 16.3. The minimum atomic E-state index is -0.266. The Hall–Kier alpha value is -0.0800. The van der Waals surface area contributed by atoms with E-state index in [1.54, 1.807) is 0 Å². The Kier molecular flexibility index (Phi) is 4.62. The molecule has 2 heteroatoms. The molecule has 2 N–H and O–H groups in total. The lowest BCUT2D eigenvalue weighted by molar-refractivity contribution is 0.104. The Morgan fingerprint density at radius 2 is 2.00 bits per heavy atom. The molecule has 0 bridgehead atoms. The summed E-state index contributed by atoms with van der Waals surface area (Å²) in [5.41, 5.74) is 0. The van der Waals surface area contributed by atoms with Crippen LogP contribution in [-0.2, 0) is 0 Å². The molecule has 0 aromatic carbocycles. The van der Waals surface area contributed by atoms with Crippen molar-refractivity contribution in [1.29, 1.82) is 0 Å². The van der Waals surface area contributed by atoms with Crippen LogP contribution in [-0.4, -0.2) is 17.4 Å². The molecule has 0 saturated heterocycles. The molecule has 12 heavy (non-hydrogen) atoms. The number of rotatable bonds is 4. The van der Waals surface area contributed by atoms with Gasteiger partial charge >= 0.3 is 0 Å². The van der Waals surface area contributed by atoms with Crippen molar-refractivity contribution >= 4 is 0 Å². The van der Waals surface area contributed by atoms with Crippen LogP contribution in [0.3, 0.4) is 0 Å². The topological polar surface area (TPSA) is 32.3 Å². The van der Waals surface area contributed by atoms with Gasteiger partial charge in [-0.05, 0) is 19.3 Å². The first-order valence-electron chi connectivity index (χ1n) is 5.27. The molecule has 1 rings (SSSR count). The predicted octanol–water partition coefficient (Wildman–Crippen LogP) is 2.03. The van der Waals surface area contributed by atoms with Crippen molar-refractivity contribution < 1.29 is 5.11 Å². The van der Waals surface area contributed by atoms with Gasteiger partial charge in [-0.1, -0.05) is 32.6 Å². The molecule has 0 heterocycles. The number of aliphatic hydroxyl groups excluding tert-OH is 1. The molecule has 0 radical (unpaired) electrons. The summed E-state index contributed by atoms with van der Waals surface area (Å²) >= 11 is 0. The van der Waals surface area contributed by atoms with Crippen molar-refractivity contribution in [2.75, 3.05) is 0 Å². The Labute approximate surface area is 75.4 Å². The first-order valence-corrected chi connectivity index (χ1v) is 5.27. The fourth-order valence-electron chi connectivity index (χ4n) is 1.90. The fraction of sp³-hybridized carbons (Fsp3) is 1.00. The third-order valence-electron chi connectivity index (χ3n) is 2.60. The van der Waals surface area contributed by atoms with E-state index < -0.39 is 0 Å². The molecule has 1 aliphatic carbocycles. The van der Waals surface area contributed by atoms with Crippen molar-refractivity contribution in [1.82, 2.24) is 5.32 Å². The standard InChI is InChI=1S/C10H21NO/c1-2-6-10(12)11-9-7-4-3-5-8-9/h9-12H,2-8H2,1H3. The molecule has 0 aromatic heterocycles. The molecule has 72 valence electrons. The van der Waals surface area contributed by atoms with Gasteiger partial charge in [-0.25, -0.2) is 0 Å². The molecule has 1 unspecified atom stereocenters. The SMILES string of the molecule is CCCC(O)NC1CCCCC1. The number of aliphatic hydroxyl groups is 1. The lowest BCUT2D eigenvalue weighted by Crippen LogP contribution is -2.39. The van der Waals surface area contributed by atoms with Gasteiger partial charge in [0.25, 0.3) is 0 Å². The minimum Gasteiger partial charge on any atom is -0.379 e. The van der Waals surface area contributed by atoms with Gasteiger partial charge in [0, 0.05) is 6.04 Å². The van der Waals surface area contributed by atoms with Crippen LogP contribution in [0.5, 0.6) is 0 Å². The molecule has 0 spiro atoms. The molecule has 1 saturated carbocycles. The Morgan fingerprint density at radius 1 is 1.33 bits per heavy atom. The molecular weight excluding hydrogens is 150 g/mol. The van der Waals surface area contributed by atoms with E-state index in [1.807, 2.05) is 0 Å². The maximum Gasteiger partial charge on any atom is 0.105 e. The molecule has 0 aliphatic heterocycles. The van der Waals surface area contributed by atoms with Gasteiger partial charge in [0.2, 0.25) is 0 Å². The maximum atomic E-state index is 9.49. The Bertz CT molecular complexity index is 110. The van der Waals surface area contributed by atoms with Gasteiger partial charge in [0.15, 0.2) is 0 Å². The third kappa shape index (κ3) is 3.55. The van der Waals surface area contributed by atoms with E-state index in [4.69, 9.17) is 0 Å². The fourth-order valence-corrected chi connectivity index (χ4v) is 1.90. The molecule has 1 atom stereocenters. The summed E-state index contributed by atoms with van der Waals surface area (Å²) in [5, 5.41) is 12.8. The number of hydrogen-bond donors (Lipinski definition) is 2. The van der Waals surface area contributed by atoms with Gasteiger partial charge < -0.3 is 5.11 Å². The molecule has 0 amide bonds. The smallest absolute Gasteiger partial charge is 0.105 e. The van der Waals surface area contributed by atoms with Crippen molar-refractivity contribution in [3.05, 3.63) is 0 Å². The van der Waals surface area contributed by atoms with Gasteiger partial charge in [-0.2, -0.15) is 0 Å². The number of nitrogens with one attached hydrogen (secondary N) is 1. The predicted molar refractivity (Wildman–Crippen MR) is 50.9 cm³/mol. The molecular formula is C10H21NO. The van der Waals surface area contributed by atoms with Crippen LogP contribution in [0.1, 0.15) is 51.9 Å². The largest absolute Gasteiger partial charge is 0.379 e. The van der Waals surface area contributed by atoms with Crippen LogP contribution >= 0.6 is 0 Å². The summed E-state index contributed by atoms with van der Waals surface area (Å²) in [6.07, 6.45) is 8.21. The van der Waals surface area contributed by atoms with Crippen molar-refractivity contribution in [2.45, 2.75) is 64.1 Å². The zero-order valence-corrected chi connectivity index (χ0v) is 8.05. The average molecular weight is 171 g/mol. The summed E-state index contributed by atoms with van der Waals surface area (Å²) in [6, 6.07) is 0.584. The molecule has 1 fully saturated rings. The molecule has 2 nitrogen and oxygen atoms in total. The van der Waals surface area contributed by atoms with Crippen LogP contribution < -0.4 is 5.32 Å². The van der Waals surface area contributed by atoms with E-state index in [0.29, 0.717) is 6.04 Å². The van der Waals surface area contributed by atoms with Crippen LogP contribution in [0.4, 0.5) is 0 Å². The van der Waals surface area contributed by atoms with E-state index >= 15 is 0 Å². The highest BCUT2D eigenvalue weighted by Gasteiger charge is 2.15. The summed E-state index contributed by atoms with van der Waals surface area (Å²) in [5.74, 6) is 0. The second kappa shape index (κ2) is 5.55. The first-order chi connectivity index (χ1) is 5.83. The van der Waals surface area contributed by atoms with Crippen LogP contribution in [0.15, 0.2) is 0 Å². The summed E-state index contributed by atoms with van der Waals surface area (Å²) in [4.78, 5) is 0. The Morgan fingerprint density at radius 3 is 2.58 bits per heavy atom. The van der Waals surface area contributed by atoms with Gasteiger partial charge in [-0.15, -0.1) is 0 Å². The van der Waals surface area contributed by atoms with Gasteiger partial charge in [0.1, 0.15) is 6.23 Å². The summed E-state index contributed by atoms with van der Waals surface area (Å²) < 4.78 is 0. The van der Waals surface area contributed by atoms with E-state index in [9.17, 15) is 5.11 Å². The van der Waals surface area contributed by atoms with Gasteiger partial charge in [-0.3, -0.25) is 5.32 Å². The normalized spacial score (nSPS) is 22.5. The van der Waals surface area contributed by atoms with E-state index in [-0.39, 0.29) is 6.23 Å². The average Bonchev–Trinajstić information content (AvgIpc) is 2.06. The quantitative estimate of drug-likeness (QED) is 0.634. The Balaban J connectivity index is 2.11. The first kappa shape index (κ1) is 10.0. The lowest BCUT2D eigenvalue weighted by Gasteiger charge is -2.25. The highest BCUT2D eigenvalue weighted by Crippen LogP contribution is 2.17. The van der Waals surface area contributed by atoms with E-state index in [2.05, 4.69) is 12.2 Å². The van der Waals surface area contributed by atoms with E-state index in [0.717, 1.165) is 12.8 Å². The maximum absolute atomic E-state index is 9.49. The molecule has 1 aliphatic rings. The summed E-state index contributed by atoms with van der Waals surface area (Å²) in [6.45, 7) is 2.10. The second-order valence-electron chi connectivity index (χ2n) is 3.81. The lowest BCUT2D eigenvalue weighted by atomic mass is 9.95. The molecule has 0 aromatic rings. The van der Waals surface area contributed by atoms with Crippen molar-refractivity contribution in [2.24, 2.45) is 0 Å². The minimum absolute atomic E-state index is 0.266. The van der Waals surface area contributed by atoms with Crippen molar-refractivity contribution in [3.8, 4) is 0 Å². The second-order valence-corrected chi connectivity index (χ2v) is 3.81. The monoisotopic (exact) mass is 171 g/mol.